The monoisotopic (exact) mass is 465 g/mol. The summed E-state index contributed by atoms with van der Waals surface area (Å²) in [5.74, 6) is -0.701. The first kappa shape index (κ1) is 22.7. The summed E-state index contributed by atoms with van der Waals surface area (Å²) in [5, 5.41) is 14.6. The third kappa shape index (κ3) is 4.96. The smallest absolute Gasteiger partial charge is 0.246 e. The van der Waals surface area contributed by atoms with Crippen LogP contribution < -0.4 is 10.6 Å². The topological polar surface area (TPSA) is 115 Å². The Balaban J connectivity index is 1.35. The first-order valence-electron chi connectivity index (χ1n) is 10.7. The van der Waals surface area contributed by atoms with E-state index in [1.165, 1.54) is 24.2 Å². The van der Waals surface area contributed by atoms with Crippen LogP contribution in [0.5, 0.6) is 0 Å². The zero-order valence-electron chi connectivity index (χ0n) is 18.0. The minimum absolute atomic E-state index is 0.00335. The van der Waals surface area contributed by atoms with Crippen LogP contribution in [0.1, 0.15) is 36.8 Å². The van der Waals surface area contributed by atoms with E-state index in [9.17, 15) is 14.4 Å². The van der Waals surface area contributed by atoms with Gasteiger partial charge in [-0.1, -0.05) is 35.9 Å². The van der Waals surface area contributed by atoms with Crippen molar-refractivity contribution in [3.05, 3.63) is 71.2 Å². The van der Waals surface area contributed by atoms with E-state index in [0.717, 1.165) is 12.0 Å². The Hall–Kier alpha value is -3.52. The minimum atomic E-state index is -0.615. The van der Waals surface area contributed by atoms with Crippen molar-refractivity contribution < 1.29 is 14.4 Å². The molecule has 9 heteroatoms. The van der Waals surface area contributed by atoms with Crippen LogP contribution in [0.15, 0.2) is 55.0 Å². The highest BCUT2D eigenvalue weighted by molar-refractivity contribution is 6.45. The lowest BCUT2D eigenvalue weighted by atomic mass is 10.1. The van der Waals surface area contributed by atoms with E-state index in [0.29, 0.717) is 22.7 Å². The van der Waals surface area contributed by atoms with Crippen LogP contribution in [-0.4, -0.2) is 51.8 Å². The molecule has 0 saturated heterocycles. The zero-order valence-corrected chi connectivity index (χ0v) is 18.8. The lowest BCUT2D eigenvalue weighted by Gasteiger charge is -2.24. The summed E-state index contributed by atoms with van der Waals surface area (Å²) in [7, 11) is 0. The number of hydrogen-bond acceptors (Lipinski definition) is 6. The number of pyridine rings is 1. The van der Waals surface area contributed by atoms with Gasteiger partial charge >= 0.3 is 0 Å². The van der Waals surface area contributed by atoms with Crippen molar-refractivity contribution in [2.24, 2.45) is 0 Å². The van der Waals surface area contributed by atoms with Gasteiger partial charge in [0, 0.05) is 41.9 Å². The molecule has 0 radical (unpaired) electrons. The maximum Gasteiger partial charge on any atom is 0.246 e. The molecule has 2 heterocycles. The highest BCUT2D eigenvalue weighted by Gasteiger charge is 2.42. The Morgan fingerprint density at radius 1 is 1.24 bits per heavy atom. The number of ketones is 1. The molecule has 1 saturated carbocycles. The van der Waals surface area contributed by atoms with Crippen LogP contribution >= 0.6 is 11.6 Å². The SMILES string of the molecule is CC(=O)C(=N)c1ccncc1NCC(=O)N1C=CC[C@H]1C(=O)N[C@@H]1C[C@H]1c1ccccc1Cl. The van der Waals surface area contributed by atoms with Crippen molar-refractivity contribution in [3.8, 4) is 0 Å². The van der Waals surface area contributed by atoms with Gasteiger partial charge in [-0.15, -0.1) is 0 Å². The van der Waals surface area contributed by atoms with Gasteiger partial charge in [-0.2, -0.15) is 0 Å². The molecular formula is C24H24ClN5O3. The fourth-order valence-electron chi connectivity index (χ4n) is 3.97. The number of halogens is 1. The maximum absolute atomic E-state index is 12.9. The van der Waals surface area contributed by atoms with Crippen molar-refractivity contribution in [3.63, 3.8) is 0 Å². The summed E-state index contributed by atoms with van der Waals surface area (Å²) in [6.45, 7) is 1.20. The second-order valence-corrected chi connectivity index (χ2v) is 8.53. The van der Waals surface area contributed by atoms with Crippen LogP contribution in [0.25, 0.3) is 0 Å². The van der Waals surface area contributed by atoms with Gasteiger partial charge in [-0.25, -0.2) is 0 Å². The zero-order chi connectivity index (χ0) is 23.5. The number of Topliss-reactive ketones (excluding diaryl/α,β-unsaturated/α-hetero) is 1. The Bertz CT molecular complexity index is 1150. The largest absolute Gasteiger partial charge is 0.374 e. The van der Waals surface area contributed by atoms with E-state index in [2.05, 4.69) is 15.6 Å². The van der Waals surface area contributed by atoms with E-state index in [1.807, 2.05) is 24.3 Å². The van der Waals surface area contributed by atoms with E-state index < -0.39 is 6.04 Å². The third-order valence-corrected chi connectivity index (χ3v) is 6.19. The van der Waals surface area contributed by atoms with Gasteiger partial charge in [0.15, 0.2) is 5.78 Å². The molecule has 170 valence electrons. The summed E-state index contributed by atoms with van der Waals surface area (Å²) >= 11 is 6.27. The number of anilines is 1. The Morgan fingerprint density at radius 3 is 2.79 bits per heavy atom. The van der Waals surface area contributed by atoms with Crippen molar-refractivity contribution in [2.75, 3.05) is 11.9 Å². The molecule has 2 aliphatic rings. The minimum Gasteiger partial charge on any atom is -0.374 e. The third-order valence-electron chi connectivity index (χ3n) is 5.85. The van der Waals surface area contributed by atoms with Crippen LogP contribution in [0.2, 0.25) is 5.02 Å². The molecule has 1 fully saturated rings. The molecule has 2 amide bonds. The maximum atomic E-state index is 12.9. The molecule has 1 aliphatic carbocycles. The molecule has 4 rings (SSSR count). The second kappa shape index (κ2) is 9.54. The standard InChI is InChI=1S/C24H24ClN5O3/c1-14(31)23(26)16-8-9-27-12-20(16)28-13-22(32)30-10-4-7-21(30)24(33)29-19-11-17(19)15-5-2-3-6-18(15)25/h2-6,8-10,12,17,19,21,26,28H,7,11,13H2,1H3,(H,29,33)/t17-,19+,21-/m0/s1. The van der Waals surface area contributed by atoms with Crippen LogP contribution in [0.4, 0.5) is 5.69 Å². The van der Waals surface area contributed by atoms with Gasteiger partial charge in [0.1, 0.15) is 11.8 Å². The molecule has 33 heavy (non-hydrogen) atoms. The number of nitrogens with zero attached hydrogens (tertiary/aromatic N) is 2. The van der Waals surface area contributed by atoms with Crippen molar-refractivity contribution in [2.45, 2.75) is 37.8 Å². The first-order valence-corrected chi connectivity index (χ1v) is 11.0. The van der Waals surface area contributed by atoms with E-state index >= 15 is 0 Å². The number of amides is 2. The molecular weight excluding hydrogens is 442 g/mol. The number of rotatable bonds is 8. The number of carbonyl (C=O) groups excluding carboxylic acids is 3. The summed E-state index contributed by atoms with van der Waals surface area (Å²) in [6, 6.07) is 8.55. The lowest BCUT2D eigenvalue weighted by Crippen LogP contribution is -2.47. The Labute approximate surface area is 196 Å². The van der Waals surface area contributed by atoms with Gasteiger partial charge < -0.3 is 15.5 Å². The van der Waals surface area contributed by atoms with Crippen molar-refractivity contribution in [1.82, 2.24) is 15.2 Å². The second-order valence-electron chi connectivity index (χ2n) is 8.12. The Morgan fingerprint density at radius 2 is 2.03 bits per heavy atom. The normalized spacial score (nSPS) is 20.9. The number of aromatic nitrogens is 1. The molecule has 0 spiro atoms. The van der Waals surface area contributed by atoms with E-state index in [1.54, 1.807) is 18.3 Å². The summed E-state index contributed by atoms with van der Waals surface area (Å²) in [5.41, 5.74) is 1.64. The van der Waals surface area contributed by atoms with Crippen LogP contribution in [0.3, 0.4) is 0 Å². The highest BCUT2D eigenvalue weighted by atomic mass is 35.5. The number of benzene rings is 1. The molecule has 1 aromatic heterocycles. The van der Waals surface area contributed by atoms with Gasteiger partial charge in [0.05, 0.1) is 18.4 Å². The molecule has 3 N–H and O–H groups in total. The first-order chi connectivity index (χ1) is 15.9. The van der Waals surface area contributed by atoms with Crippen molar-refractivity contribution >= 4 is 40.6 Å². The number of nitrogens with one attached hydrogen (secondary N) is 3. The van der Waals surface area contributed by atoms with Gasteiger partial charge in [-0.05, 0) is 30.5 Å². The Kier molecular flexibility index (Phi) is 6.55. The number of hydrogen-bond donors (Lipinski definition) is 3. The van der Waals surface area contributed by atoms with Crippen molar-refractivity contribution in [1.29, 1.82) is 5.41 Å². The van der Waals surface area contributed by atoms with Gasteiger partial charge in [0.2, 0.25) is 11.8 Å². The van der Waals surface area contributed by atoms with Gasteiger partial charge in [0.25, 0.3) is 0 Å². The average Bonchev–Trinajstić information content (AvgIpc) is 3.37. The van der Waals surface area contributed by atoms with Crippen LogP contribution in [-0.2, 0) is 14.4 Å². The summed E-state index contributed by atoms with van der Waals surface area (Å²) in [6.07, 6.45) is 7.62. The molecule has 3 atom stereocenters. The van der Waals surface area contributed by atoms with E-state index in [4.69, 9.17) is 17.0 Å². The molecule has 0 bridgehead atoms. The average molecular weight is 466 g/mol. The number of carbonyl (C=O) groups is 3. The predicted molar refractivity (Wildman–Crippen MR) is 125 cm³/mol. The quantitative estimate of drug-likeness (QED) is 0.518. The molecule has 0 unspecified atom stereocenters. The van der Waals surface area contributed by atoms with E-state index in [-0.39, 0.29) is 41.8 Å². The molecule has 1 aliphatic heterocycles. The highest BCUT2D eigenvalue weighted by Crippen LogP contribution is 2.43. The molecule has 1 aromatic carbocycles. The molecule has 8 nitrogen and oxygen atoms in total. The molecule has 2 aromatic rings. The lowest BCUT2D eigenvalue weighted by molar-refractivity contribution is -0.135. The fraction of sp³-hybridized carbons (Fsp3) is 0.292. The summed E-state index contributed by atoms with van der Waals surface area (Å²) in [4.78, 5) is 42.7. The van der Waals surface area contributed by atoms with Gasteiger partial charge in [-0.3, -0.25) is 24.8 Å². The summed E-state index contributed by atoms with van der Waals surface area (Å²) < 4.78 is 0. The predicted octanol–water partition coefficient (Wildman–Crippen LogP) is 2.89. The fourth-order valence-corrected chi connectivity index (χ4v) is 4.25. The van der Waals surface area contributed by atoms with Crippen LogP contribution in [0, 0.1) is 5.41 Å².